The Kier molecular flexibility index (Phi) is 5.88. The second-order valence-electron chi connectivity index (χ2n) is 5.92. The summed E-state index contributed by atoms with van der Waals surface area (Å²) in [7, 11) is 1.64. The standard InChI is InChI=1S/C22H22N2O2/c1-17-8-11-20(12-9-17)24-23-15-19-10-13-21(22(14-19)25-2)26-16-18-6-4-3-5-7-18/h3-15,24H,16H2,1-2H3/b23-15+. The highest BCUT2D eigenvalue weighted by atomic mass is 16.5. The third-order valence-corrected chi connectivity index (χ3v) is 3.88. The number of ether oxygens (including phenoxy) is 2. The van der Waals surface area contributed by atoms with Gasteiger partial charge in [0.1, 0.15) is 6.61 Å². The highest BCUT2D eigenvalue weighted by molar-refractivity contribution is 5.81. The SMILES string of the molecule is COc1cc(/C=N/Nc2ccc(C)cc2)ccc1OCc1ccccc1. The van der Waals surface area contributed by atoms with Gasteiger partial charge in [0.15, 0.2) is 11.5 Å². The molecular weight excluding hydrogens is 324 g/mol. The molecule has 0 saturated carbocycles. The van der Waals surface area contributed by atoms with Crippen LogP contribution in [0.3, 0.4) is 0 Å². The van der Waals surface area contributed by atoms with Crippen molar-refractivity contribution in [3.63, 3.8) is 0 Å². The highest BCUT2D eigenvalue weighted by Gasteiger charge is 2.05. The number of hydrazone groups is 1. The smallest absolute Gasteiger partial charge is 0.161 e. The maximum absolute atomic E-state index is 5.87. The maximum Gasteiger partial charge on any atom is 0.161 e. The van der Waals surface area contributed by atoms with E-state index in [2.05, 4.69) is 17.5 Å². The number of hydrogen-bond acceptors (Lipinski definition) is 4. The third-order valence-electron chi connectivity index (χ3n) is 3.88. The fourth-order valence-electron chi connectivity index (χ4n) is 2.43. The quantitative estimate of drug-likeness (QED) is 0.482. The van der Waals surface area contributed by atoms with Crippen molar-refractivity contribution in [2.24, 2.45) is 5.10 Å². The maximum atomic E-state index is 5.87. The van der Waals surface area contributed by atoms with Crippen LogP contribution in [-0.4, -0.2) is 13.3 Å². The van der Waals surface area contributed by atoms with Gasteiger partial charge in [-0.1, -0.05) is 48.0 Å². The predicted octanol–water partition coefficient (Wildman–Crippen LogP) is 5.03. The van der Waals surface area contributed by atoms with Crippen LogP contribution in [0.25, 0.3) is 0 Å². The van der Waals surface area contributed by atoms with Crippen LogP contribution in [-0.2, 0) is 6.61 Å². The van der Waals surface area contributed by atoms with Gasteiger partial charge in [-0.2, -0.15) is 5.10 Å². The molecule has 3 rings (SSSR count). The van der Waals surface area contributed by atoms with Gasteiger partial charge in [-0.05, 0) is 48.4 Å². The minimum absolute atomic E-state index is 0.500. The van der Waals surface area contributed by atoms with E-state index in [1.165, 1.54) is 5.56 Å². The molecule has 0 fully saturated rings. The van der Waals surface area contributed by atoms with Crippen LogP contribution in [0, 0.1) is 6.92 Å². The number of methoxy groups -OCH3 is 1. The first-order chi connectivity index (χ1) is 12.7. The van der Waals surface area contributed by atoms with E-state index in [1.54, 1.807) is 13.3 Å². The van der Waals surface area contributed by atoms with Crippen molar-refractivity contribution >= 4 is 11.9 Å². The van der Waals surface area contributed by atoms with Gasteiger partial charge < -0.3 is 9.47 Å². The van der Waals surface area contributed by atoms with Gasteiger partial charge in [0, 0.05) is 0 Å². The summed E-state index contributed by atoms with van der Waals surface area (Å²) in [4.78, 5) is 0. The first-order valence-corrected chi connectivity index (χ1v) is 8.45. The Morgan fingerprint density at radius 2 is 1.69 bits per heavy atom. The highest BCUT2D eigenvalue weighted by Crippen LogP contribution is 2.28. The van der Waals surface area contributed by atoms with Crippen molar-refractivity contribution in [3.05, 3.63) is 89.5 Å². The lowest BCUT2D eigenvalue weighted by atomic mass is 10.2. The van der Waals surface area contributed by atoms with Crippen LogP contribution in [0.5, 0.6) is 11.5 Å². The largest absolute Gasteiger partial charge is 0.493 e. The predicted molar refractivity (Wildman–Crippen MR) is 106 cm³/mol. The molecule has 0 radical (unpaired) electrons. The number of benzene rings is 3. The van der Waals surface area contributed by atoms with Gasteiger partial charge in [0.05, 0.1) is 19.0 Å². The first-order valence-electron chi connectivity index (χ1n) is 8.45. The van der Waals surface area contributed by atoms with Crippen LogP contribution in [0.4, 0.5) is 5.69 Å². The zero-order chi connectivity index (χ0) is 18.2. The molecule has 26 heavy (non-hydrogen) atoms. The van der Waals surface area contributed by atoms with E-state index in [4.69, 9.17) is 9.47 Å². The van der Waals surface area contributed by atoms with E-state index < -0.39 is 0 Å². The molecule has 132 valence electrons. The average Bonchev–Trinajstić information content (AvgIpc) is 2.69. The molecule has 0 aliphatic carbocycles. The molecular formula is C22H22N2O2. The molecule has 0 aliphatic heterocycles. The Balaban J connectivity index is 1.64. The Morgan fingerprint density at radius 1 is 0.923 bits per heavy atom. The summed E-state index contributed by atoms with van der Waals surface area (Å²) < 4.78 is 11.3. The molecule has 0 amide bonds. The Labute approximate surface area is 154 Å². The van der Waals surface area contributed by atoms with E-state index >= 15 is 0 Å². The molecule has 3 aromatic carbocycles. The third kappa shape index (κ3) is 4.86. The summed E-state index contributed by atoms with van der Waals surface area (Å²) >= 11 is 0. The molecule has 0 aromatic heterocycles. The van der Waals surface area contributed by atoms with Gasteiger partial charge in [0.2, 0.25) is 0 Å². The first kappa shape index (κ1) is 17.5. The van der Waals surface area contributed by atoms with Crippen molar-refractivity contribution < 1.29 is 9.47 Å². The minimum atomic E-state index is 0.500. The van der Waals surface area contributed by atoms with Crippen molar-refractivity contribution in [2.45, 2.75) is 13.5 Å². The Hall–Kier alpha value is -3.27. The second kappa shape index (κ2) is 8.72. The molecule has 0 saturated heterocycles. The lowest BCUT2D eigenvalue weighted by Gasteiger charge is -2.11. The van der Waals surface area contributed by atoms with Gasteiger partial charge in [-0.3, -0.25) is 5.43 Å². The van der Waals surface area contributed by atoms with E-state index in [-0.39, 0.29) is 0 Å². The normalized spacial score (nSPS) is 10.7. The number of anilines is 1. The zero-order valence-electron chi connectivity index (χ0n) is 15.0. The van der Waals surface area contributed by atoms with E-state index in [1.807, 2.05) is 72.8 Å². The molecule has 3 aromatic rings. The van der Waals surface area contributed by atoms with Crippen LogP contribution in [0.1, 0.15) is 16.7 Å². The molecule has 0 aliphatic rings. The molecule has 0 bridgehead atoms. The van der Waals surface area contributed by atoms with E-state index in [0.717, 1.165) is 16.8 Å². The molecule has 0 unspecified atom stereocenters. The van der Waals surface area contributed by atoms with Gasteiger partial charge >= 0.3 is 0 Å². The summed E-state index contributed by atoms with van der Waals surface area (Å²) in [6, 6.07) is 23.9. The number of hydrogen-bond donors (Lipinski definition) is 1. The zero-order valence-corrected chi connectivity index (χ0v) is 15.0. The lowest BCUT2D eigenvalue weighted by Crippen LogP contribution is -1.98. The van der Waals surface area contributed by atoms with Crippen molar-refractivity contribution in [3.8, 4) is 11.5 Å². The van der Waals surface area contributed by atoms with Crippen molar-refractivity contribution in [2.75, 3.05) is 12.5 Å². The number of aryl methyl sites for hydroxylation is 1. The number of rotatable bonds is 7. The van der Waals surface area contributed by atoms with Crippen LogP contribution in [0.2, 0.25) is 0 Å². The second-order valence-corrected chi connectivity index (χ2v) is 5.92. The summed E-state index contributed by atoms with van der Waals surface area (Å²) in [6.45, 7) is 2.56. The van der Waals surface area contributed by atoms with E-state index in [9.17, 15) is 0 Å². The molecule has 0 heterocycles. The average molecular weight is 346 g/mol. The monoisotopic (exact) mass is 346 g/mol. The van der Waals surface area contributed by atoms with Gasteiger partial charge in [-0.25, -0.2) is 0 Å². The topological polar surface area (TPSA) is 42.8 Å². The number of nitrogens with one attached hydrogen (secondary N) is 1. The van der Waals surface area contributed by atoms with Crippen LogP contribution >= 0.6 is 0 Å². The van der Waals surface area contributed by atoms with Crippen LogP contribution in [0.15, 0.2) is 77.9 Å². The summed E-state index contributed by atoms with van der Waals surface area (Å²) in [6.07, 6.45) is 1.75. The van der Waals surface area contributed by atoms with Crippen LogP contribution < -0.4 is 14.9 Å². The molecule has 0 spiro atoms. The molecule has 4 nitrogen and oxygen atoms in total. The Bertz CT molecular complexity index is 859. The fraction of sp³-hybridized carbons (Fsp3) is 0.136. The summed E-state index contributed by atoms with van der Waals surface area (Å²) in [5.41, 5.74) is 7.22. The summed E-state index contributed by atoms with van der Waals surface area (Å²) in [5, 5.41) is 4.27. The molecule has 4 heteroatoms. The number of nitrogens with zero attached hydrogens (tertiary/aromatic N) is 1. The van der Waals surface area contributed by atoms with Gasteiger partial charge in [-0.15, -0.1) is 0 Å². The van der Waals surface area contributed by atoms with Gasteiger partial charge in [0.25, 0.3) is 0 Å². The lowest BCUT2D eigenvalue weighted by molar-refractivity contribution is 0.284. The summed E-state index contributed by atoms with van der Waals surface area (Å²) in [5.74, 6) is 1.39. The minimum Gasteiger partial charge on any atom is -0.493 e. The molecule has 1 N–H and O–H groups in total. The van der Waals surface area contributed by atoms with Crippen molar-refractivity contribution in [1.29, 1.82) is 0 Å². The van der Waals surface area contributed by atoms with Crippen molar-refractivity contribution in [1.82, 2.24) is 0 Å². The fourth-order valence-corrected chi connectivity index (χ4v) is 2.43. The Morgan fingerprint density at radius 3 is 2.42 bits per heavy atom. The van der Waals surface area contributed by atoms with E-state index in [0.29, 0.717) is 18.1 Å². The molecule has 0 atom stereocenters.